The molecular formula is C29H25FN2O4. The van der Waals surface area contributed by atoms with Gasteiger partial charge in [0.2, 0.25) is 5.91 Å². The van der Waals surface area contributed by atoms with Crippen LogP contribution >= 0.6 is 0 Å². The average molecular weight is 485 g/mol. The predicted octanol–water partition coefficient (Wildman–Crippen LogP) is 5.59. The summed E-state index contributed by atoms with van der Waals surface area (Å²) in [5.74, 6) is -2.32. The molecule has 1 heterocycles. The van der Waals surface area contributed by atoms with Gasteiger partial charge in [0.1, 0.15) is 5.82 Å². The summed E-state index contributed by atoms with van der Waals surface area (Å²) in [7, 11) is 0. The van der Waals surface area contributed by atoms with Gasteiger partial charge in [-0.05, 0) is 41.7 Å². The van der Waals surface area contributed by atoms with Crippen LogP contribution in [0.5, 0.6) is 0 Å². The lowest BCUT2D eigenvalue weighted by molar-refractivity contribution is -0.138. The molecule has 1 aliphatic carbocycles. The molecule has 2 N–H and O–H groups in total. The van der Waals surface area contributed by atoms with Crippen molar-refractivity contribution in [1.82, 2.24) is 0 Å². The fraction of sp³-hybridized carbons (Fsp3) is 0.207. The van der Waals surface area contributed by atoms with E-state index in [2.05, 4.69) is 5.32 Å². The van der Waals surface area contributed by atoms with E-state index in [-0.39, 0.29) is 36.8 Å². The molecule has 0 saturated carbocycles. The first-order valence-corrected chi connectivity index (χ1v) is 11.9. The van der Waals surface area contributed by atoms with E-state index in [0.29, 0.717) is 34.6 Å². The van der Waals surface area contributed by atoms with E-state index in [1.807, 2.05) is 42.5 Å². The highest BCUT2D eigenvalue weighted by Gasteiger charge is 2.41. The molecule has 1 amide bonds. The van der Waals surface area contributed by atoms with Crippen molar-refractivity contribution < 1.29 is 23.9 Å². The zero-order chi connectivity index (χ0) is 25.2. The Morgan fingerprint density at radius 1 is 0.917 bits per heavy atom. The van der Waals surface area contributed by atoms with Gasteiger partial charge < -0.3 is 10.4 Å². The molecular weight excluding hydrogens is 459 g/mol. The molecule has 2 atom stereocenters. The van der Waals surface area contributed by atoms with E-state index in [1.54, 1.807) is 35.2 Å². The average Bonchev–Trinajstić information content (AvgIpc) is 3.02. The predicted molar refractivity (Wildman–Crippen MR) is 134 cm³/mol. The number of halogens is 1. The second-order valence-corrected chi connectivity index (χ2v) is 9.05. The number of hydrogen-bond donors (Lipinski definition) is 2. The molecule has 7 heteroatoms. The molecule has 0 spiro atoms. The van der Waals surface area contributed by atoms with E-state index in [4.69, 9.17) is 0 Å². The van der Waals surface area contributed by atoms with Crippen molar-refractivity contribution in [3.05, 3.63) is 107 Å². The number of aliphatic carboxylic acids is 1. The minimum atomic E-state index is -1.07. The Labute approximate surface area is 208 Å². The number of benzene rings is 3. The van der Waals surface area contributed by atoms with Crippen LogP contribution in [-0.4, -0.2) is 22.8 Å². The molecule has 1 aliphatic heterocycles. The normalized spacial score (nSPS) is 19.1. The zero-order valence-corrected chi connectivity index (χ0v) is 19.5. The lowest BCUT2D eigenvalue weighted by atomic mass is 9.78. The van der Waals surface area contributed by atoms with Crippen LogP contribution in [0.4, 0.5) is 15.8 Å². The summed E-state index contributed by atoms with van der Waals surface area (Å²) in [5.41, 5.74) is 3.52. The summed E-state index contributed by atoms with van der Waals surface area (Å²) in [4.78, 5) is 40.2. The van der Waals surface area contributed by atoms with Crippen molar-refractivity contribution in [3.63, 3.8) is 0 Å². The fourth-order valence-electron chi connectivity index (χ4n) is 5.18. The minimum Gasteiger partial charge on any atom is -0.481 e. The van der Waals surface area contributed by atoms with Crippen LogP contribution in [0.3, 0.4) is 0 Å². The summed E-state index contributed by atoms with van der Waals surface area (Å²) in [6.07, 6.45) is -0.0155. The maximum atomic E-state index is 14.7. The van der Waals surface area contributed by atoms with Crippen LogP contribution in [0, 0.1) is 5.82 Å². The molecule has 6 nitrogen and oxygen atoms in total. The molecule has 0 radical (unpaired) electrons. The molecule has 2 aliphatic rings. The number of nitrogens with zero attached hydrogens (tertiary/aromatic N) is 1. The molecule has 2 unspecified atom stereocenters. The van der Waals surface area contributed by atoms with Gasteiger partial charge in [-0.3, -0.25) is 19.3 Å². The Hall–Kier alpha value is -4.26. The quantitative estimate of drug-likeness (QED) is 0.493. The van der Waals surface area contributed by atoms with E-state index >= 15 is 0 Å². The van der Waals surface area contributed by atoms with Gasteiger partial charge in [0.15, 0.2) is 5.78 Å². The van der Waals surface area contributed by atoms with Gasteiger partial charge in [-0.25, -0.2) is 4.39 Å². The maximum Gasteiger partial charge on any atom is 0.303 e. The monoisotopic (exact) mass is 484 g/mol. The number of carboxylic acids is 1. The molecule has 36 heavy (non-hydrogen) atoms. The number of carboxylic acid groups (broad SMARTS) is 1. The van der Waals surface area contributed by atoms with Gasteiger partial charge in [0.05, 0.1) is 23.8 Å². The van der Waals surface area contributed by atoms with Crippen molar-refractivity contribution in [3.8, 4) is 0 Å². The van der Waals surface area contributed by atoms with Crippen LogP contribution in [-0.2, 0) is 14.4 Å². The minimum absolute atomic E-state index is 0.109. The smallest absolute Gasteiger partial charge is 0.303 e. The van der Waals surface area contributed by atoms with E-state index in [0.717, 1.165) is 5.56 Å². The van der Waals surface area contributed by atoms with Gasteiger partial charge in [-0.15, -0.1) is 0 Å². The van der Waals surface area contributed by atoms with Crippen molar-refractivity contribution in [2.45, 2.75) is 37.6 Å². The Balaban J connectivity index is 1.68. The van der Waals surface area contributed by atoms with E-state index in [1.165, 1.54) is 6.07 Å². The molecule has 0 aromatic heterocycles. The first kappa shape index (κ1) is 23.5. The van der Waals surface area contributed by atoms with Crippen molar-refractivity contribution in [1.29, 1.82) is 0 Å². The van der Waals surface area contributed by atoms with E-state index < -0.39 is 17.9 Å². The molecule has 3 aromatic carbocycles. The Bertz CT molecular complexity index is 1370. The molecule has 0 saturated heterocycles. The Morgan fingerprint density at radius 3 is 2.36 bits per heavy atom. The first-order valence-electron chi connectivity index (χ1n) is 11.9. The summed E-state index contributed by atoms with van der Waals surface area (Å²) >= 11 is 0. The molecule has 0 fully saturated rings. The molecule has 3 aromatic rings. The number of amides is 1. The van der Waals surface area contributed by atoms with Gasteiger partial charge in [0, 0.05) is 24.1 Å². The summed E-state index contributed by atoms with van der Waals surface area (Å²) < 4.78 is 14.7. The summed E-state index contributed by atoms with van der Waals surface area (Å²) in [6, 6.07) is 22.2. The fourth-order valence-corrected chi connectivity index (χ4v) is 5.18. The van der Waals surface area contributed by atoms with Crippen LogP contribution in [0.2, 0.25) is 0 Å². The largest absolute Gasteiger partial charge is 0.481 e. The number of para-hydroxylation sites is 2. The summed E-state index contributed by atoms with van der Waals surface area (Å²) in [6.45, 7) is 0. The van der Waals surface area contributed by atoms with Crippen molar-refractivity contribution in [2.75, 3.05) is 10.2 Å². The standard InChI is InChI=1S/C29H25FN2O4/c30-21-11-5-4-10-20(21)19-16-23-28(25(33)17-19)29(18-8-2-1-3-9-18)32(26(34)14-15-27(35)36)24-13-7-6-12-22(24)31-23/h1-13,19,29,31H,14-17H2,(H,35,36). The SMILES string of the molecule is O=C(O)CCC(=O)N1c2ccccc2NC2=C(C(=O)CC(c3ccccc3F)C2)C1c1ccccc1. The number of carbonyl (C=O) groups excluding carboxylic acids is 2. The van der Waals surface area contributed by atoms with Crippen molar-refractivity contribution >= 4 is 29.0 Å². The number of fused-ring (bicyclic) bond motifs is 1. The lowest BCUT2D eigenvalue weighted by Crippen LogP contribution is -2.38. The number of ketones is 1. The zero-order valence-electron chi connectivity index (χ0n) is 19.5. The van der Waals surface area contributed by atoms with Gasteiger partial charge in [-0.2, -0.15) is 0 Å². The number of hydrogen-bond acceptors (Lipinski definition) is 4. The highest BCUT2D eigenvalue weighted by molar-refractivity contribution is 6.06. The third kappa shape index (κ3) is 4.40. The van der Waals surface area contributed by atoms with E-state index in [9.17, 15) is 23.9 Å². The highest BCUT2D eigenvalue weighted by atomic mass is 19.1. The second-order valence-electron chi connectivity index (χ2n) is 9.05. The number of nitrogens with one attached hydrogen (secondary N) is 1. The lowest BCUT2D eigenvalue weighted by Gasteiger charge is -2.35. The second kappa shape index (κ2) is 9.77. The van der Waals surface area contributed by atoms with Crippen LogP contribution in [0.25, 0.3) is 0 Å². The van der Waals surface area contributed by atoms with Crippen LogP contribution < -0.4 is 10.2 Å². The Kier molecular flexibility index (Phi) is 6.38. The maximum absolute atomic E-state index is 14.7. The topological polar surface area (TPSA) is 86.7 Å². The van der Waals surface area contributed by atoms with Gasteiger partial charge in [-0.1, -0.05) is 60.7 Å². The van der Waals surface area contributed by atoms with Crippen LogP contribution in [0.1, 0.15) is 48.8 Å². The molecule has 5 rings (SSSR count). The number of anilines is 2. The van der Waals surface area contributed by atoms with Gasteiger partial charge >= 0.3 is 5.97 Å². The molecule has 0 bridgehead atoms. The third-order valence-electron chi connectivity index (χ3n) is 6.77. The Morgan fingerprint density at radius 2 is 1.61 bits per heavy atom. The highest BCUT2D eigenvalue weighted by Crippen LogP contribution is 2.47. The number of carbonyl (C=O) groups is 3. The number of rotatable bonds is 5. The number of allylic oxidation sites excluding steroid dienone is 1. The number of Topliss-reactive ketones (excluding diaryl/α,β-unsaturated/α-hetero) is 1. The molecule has 182 valence electrons. The first-order chi connectivity index (χ1) is 17.4. The third-order valence-corrected chi connectivity index (χ3v) is 6.77. The van der Waals surface area contributed by atoms with Gasteiger partial charge in [0.25, 0.3) is 0 Å². The van der Waals surface area contributed by atoms with Crippen molar-refractivity contribution in [2.24, 2.45) is 0 Å². The van der Waals surface area contributed by atoms with Crippen LogP contribution in [0.15, 0.2) is 90.1 Å². The summed E-state index contributed by atoms with van der Waals surface area (Å²) in [5, 5.41) is 12.6.